The zero-order chi connectivity index (χ0) is 6.32. The Hall–Kier alpha value is 0.540. The van der Waals surface area contributed by atoms with Gasteiger partial charge in [0.2, 0.25) is 0 Å². The van der Waals surface area contributed by atoms with Crippen LogP contribution < -0.4 is 17.3 Å². The molecule has 0 radical (unpaired) electrons. The van der Waals surface area contributed by atoms with Crippen molar-refractivity contribution in [3.8, 4) is 0 Å². The Kier molecular flexibility index (Phi) is 2.49. The number of hydrogen-bond acceptors (Lipinski definition) is 0. The van der Waals surface area contributed by atoms with Gasteiger partial charge in [-0.25, -0.2) is 0 Å². The number of fused-ring (bicyclic) bond motifs is 3. The molecule has 1 N–H and O–H groups in total. The largest absolute Gasteiger partial charge is 1.00 e. The summed E-state index contributed by atoms with van der Waals surface area (Å²) in [7, 11) is 0. The standard InChI is InChI=1S/C7H12ClN.ClH/c8-7-1-4-9(5-2-7)6-3-7;/h1-6H2;1H. The zero-order valence-electron chi connectivity index (χ0n) is 6.00. The maximum atomic E-state index is 6.28. The lowest BCUT2D eigenvalue weighted by Gasteiger charge is -2.41. The molecule has 2 bridgehead atoms. The van der Waals surface area contributed by atoms with Gasteiger partial charge in [0.05, 0.1) is 24.5 Å². The first-order valence-electron chi connectivity index (χ1n) is 3.81. The van der Waals surface area contributed by atoms with Crippen LogP contribution in [0.25, 0.3) is 0 Å². The van der Waals surface area contributed by atoms with Crippen molar-refractivity contribution in [1.82, 2.24) is 0 Å². The number of hydrogen-bond donors (Lipinski definition) is 1. The summed E-state index contributed by atoms with van der Waals surface area (Å²) in [6, 6.07) is 0. The Balaban J connectivity index is 0.000000500. The van der Waals surface area contributed by atoms with Crippen molar-refractivity contribution in [2.24, 2.45) is 0 Å². The van der Waals surface area contributed by atoms with Crippen molar-refractivity contribution < 1.29 is 17.3 Å². The van der Waals surface area contributed by atoms with Gasteiger partial charge in [-0.2, -0.15) is 0 Å². The van der Waals surface area contributed by atoms with Crippen LogP contribution >= 0.6 is 11.6 Å². The molecular weight excluding hydrogens is 169 g/mol. The summed E-state index contributed by atoms with van der Waals surface area (Å²) in [6.07, 6.45) is 3.76. The van der Waals surface area contributed by atoms with Crippen molar-refractivity contribution in [3.63, 3.8) is 0 Å². The molecule has 0 spiro atoms. The van der Waals surface area contributed by atoms with Crippen molar-refractivity contribution in [2.45, 2.75) is 24.1 Å². The van der Waals surface area contributed by atoms with Gasteiger partial charge >= 0.3 is 0 Å². The molecule has 3 heteroatoms. The third-order valence-corrected chi connectivity index (χ3v) is 3.35. The van der Waals surface area contributed by atoms with Gasteiger partial charge in [-0.15, -0.1) is 11.6 Å². The van der Waals surface area contributed by atoms with E-state index in [2.05, 4.69) is 0 Å². The molecule has 0 aromatic carbocycles. The molecule has 0 aromatic heterocycles. The molecule has 0 unspecified atom stereocenters. The summed E-state index contributed by atoms with van der Waals surface area (Å²) in [5, 5.41) is 0. The number of nitrogens with one attached hydrogen (secondary N) is 1. The van der Waals surface area contributed by atoms with Gasteiger partial charge < -0.3 is 17.3 Å². The minimum absolute atomic E-state index is 0. The normalized spacial score (nSPS) is 44.7. The predicted octanol–water partition coefficient (Wildman–Crippen LogP) is -2.95. The molecule has 3 rings (SSSR count). The van der Waals surface area contributed by atoms with E-state index in [-0.39, 0.29) is 17.3 Å². The Morgan fingerprint density at radius 2 is 1.40 bits per heavy atom. The van der Waals surface area contributed by atoms with E-state index in [1.807, 2.05) is 0 Å². The van der Waals surface area contributed by atoms with Gasteiger partial charge in [0, 0.05) is 19.3 Å². The van der Waals surface area contributed by atoms with E-state index in [4.69, 9.17) is 11.6 Å². The van der Waals surface area contributed by atoms with E-state index in [1.54, 1.807) is 4.90 Å². The molecule has 0 aromatic rings. The minimum Gasteiger partial charge on any atom is -1.00 e. The van der Waals surface area contributed by atoms with Crippen molar-refractivity contribution >= 4 is 11.6 Å². The molecule has 1 nitrogen and oxygen atoms in total. The molecule has 3 aliphatic heterocycles. The first kappa shape index (κ1) is 8.63. The van der Waals surface area contributed by atoms with Crippen molar-refractivity contribution in [3.05, 3.63) is 0 Å². The highest BCUT2D eigenvalue weighted by molar-refractivity contribution is 6.24. The molecule has 3 aliphatic rings. The van der Waals surface area contributed by atoms with Crippen LogP contribution in [0, 0.1) is 0 Å². The summed E-state index contributed by atoms with van der Waals surface area (Å²) in [5.41, 5.74) is 0. The van der Waals surface area contributed by atoms with Gasteiger partial charge in [0.1, 0.15) is 0 Å². The third kappa shape index (κ3) is 1.41. The summed E-state index contributed by atoms with van der Waals surface area (Å²) in [5.74, 6) is 0. The molecule has 0 amide bonds. The lowest BCUT2D eigenvalue weighted by atomic mass is 9.87. The van der Waals surface area contributed by atoms with Crippen LogP contribution in [0.15, 0.2) is 0 Å². The van der Waals surface area contributed by atoms with Crippen LogP contribution in [0.4, 0.5) is 0 Å². The predicted molar refractivity (Wildman–Crippen MR) is 38.0 cm³/mol. The molecule has 3 fully saturated rings. The summed E-state index contributed by atoms with van der Waals surface area (Å²) in [6.45, 7) is 3.97. The number of piperidine rings is 3. The molecular formula is C7H13Cl2N. The average molecular weight is 182 g/mol. The average Bonchev–Trinajstić information content (AvgIpc) is 1.90. The molecule has 0 aliphatic carbocycles. The van der Waals surface area contributed by atoms with Crippen LogP contribution in [0.3, 0.4) is 0 Å². The number of halogens is 2. The van der Waals surface area contributed by atoms with Gasteiger partial charge in [0.15, 0.2) is 0 Å². The Bertz CT molecular complexity index is 105. The van der Waals surface area contributed by atoms with E-state index in [1.165, 1.54) is 38.9 Å². The van der Waals surface area contributed by atoms with Crippen LogP contribution in [0.1, 0.15) is 19.3 Å². The first-order valence-corrected chi connectivity index (χ1v) is 4.19. The van der Waals surface area contributed by atoms with Crippen molar-refractivity contribution in [1.29, 1.82) is 0 Å². The Morgan fingerprint density at radius 3 is 1.60 bits per heavy atom. The van der Waals surface area contributed by atoms with E-state index < -0.39 is 0 Å². The maximum Gasteiger partial charge on any atom is 0.0788 e. The van der Waals surface area contributed by atoms with E-state index >= 15 is 0 Å². The van der Waals surface area contributed by atoms with Gasteiger partial charge in [0.25, 0.3) is 0 Å². The molecule has 3 heterocycles. The highest BCUT2D eigenvalue weighted by atomic mass is 35.5. The number of quaternary nitrogens is 1. The number of rotatable bonds is 0. The lowest BCUT2D eigenvalue weighted by molar-refractivity contribution is -0.915. The Labute approximate surface area is 73.1 Å². The van der Waals surface area contributed by atoms with Crippen LogP contribution in [-0.2, 0) is 0 Å². The topological polar surface area (TPSA) is 4.44 Å². The fourth-order valence-corrected chi connectivity index (χ4v) is 2.24. The number of alkyl halides is 1. The fourth-order valence-electron chi connectivity index (χ4n) is 1.95. The summed E-state index contributed by atoms with van der Waals surface area (Å²) >= 11 is 6.28. The SMILES string of the molecule is ClC12CC[NH+](CC1)CC2.[Cl-]. The fraction of sp³-hybridized carbons (Fsp3) is 1.00. The smallest absolute Gasteiger partial charge is 0.0788 e. The van der Waals surface area contributed by atoms with Gasteiger partial charge in [-0.05, 0) is 0 Å². The van der Waals surface area contributed by atoms with Crippen LogP contribution in [-0.4, -0.2) is 24.5 Å². The second kappa shape index (κ2) is 2.88. The molecule has 60 valence electrons. The molecule has 10 heavy (non-hydrogen) atoms. The van der Waals surface area contributed by atoms with Crippen molar-refractivity contribution in [2.75, 3.05) is 19.6 Å². The highest BCUT2D eigenvalue weighted by Gasteiger charge is 2.40. The molecule has 3 saturated heterocycles. The molecule has 0 atom stereocenters. The van der Waals surface area contributed by atoms with E-state index in [9.17, 15) is 0 Å². The quantitative estimate of drug-likeness (QED) is 0.382. The van der Waals surface area contributed by atoms with Crippen LogP contribution in [0.2, 0.25) is 0 Å². The third-order valence-electron chi connectivity index (χ3n) is 2.78. The van der Waals surface area contributed by atoms with Gasteiger partial charge in [-0.1, -0.05) is 0 Å². The Morgan fingerprint density at radius 1 is 1.00 bits per heavy atom. The summed E-state index contributed by atoms with van der Waals surface area (Å²) < 4.78 is 0. The minimum atomic E-state index is 0. The summed E-state index contributed by atoms with van der Waals surface area (Å²) in [4.78, 5) is 2.01. The second-order valence-electron chi connectivity index (χ2n) is 3.40. The monoisotopic (exact) mass is 181 g/mol. The zero-order valence-corrected chi connectivity index (χ0v) is 7.51. The lowest BCUT2D eigenvalue weighted by Crippen LogP contribution is -3.15. The highest BCUT2D eigenvalue weighted by Crippen LogP contribution is 2.30. The van der Waals surface area contributed by atoms with E-state index in [0.29, 0.717) is 0 Å². The van der Waals surface area contributed by atoms with Crippen LogP contribution in [0.5, 0.6) is 0 Å². The second-order valence-corrected chi connectivity index (χ2v) is 4.20. The van der Waals surface area contributed by atoms with E-state index in [0.717, 1.165) is 0 Å². The first-order chi connectivity index (χ1) is 4.29. The van der Waals surface area contributed by atoms with Gasteiger partial charge in [-0.3, -0.25) is 0 Å². The molecule has 0 saturated carbocycles. The maximum absolute atomic E-state index is 6.28.